The molecule has 0 fully saturated rings. The van der Waals surface area contributed by atoms with E-state index in [9.17, 15) is 30.3 Å². The second-order valence-corrected chi connectivity index (χ2v) is 8.96. The van der Waals surface area contributed by atoms with Gasteiger partial charge in [-0.15, -0.1) is 0 Å². The van der Waals surface area contributed by atoms with Crippen molar-refractivity contribution in [1.82, 2.24) is 0 Å². The van der Waals surface area contributed by atoms with Crippen molar-refractivity contribution in [3.63, 3.8) is 0 Å². The molecule has 4 aromatic carbocycles. The van der Waals surface area contributed by atoms with Gasteiger partial charge in [-0.1, -0.05) is 36.4 Å². The normalized spacial score (nSPS) is 19.6. The van der Waals surface area contributed by atoms with E-state index in [1.807, 2.05) is 0 Å². The van der Waals surface area contributed by atoms with Crippen LogP contribution in [0.5, 0.6) is 40.2 Å². The summed E-state index contributed by atoms with van der Waals surface area (Å²) in [5.41, 5.74) is 0.322. The van der Waals surface area contributed by atoms with Crippen LogP contribution in [0.2, 0.25) is 0 Å². The third-order valence-electron chi connectivity index (χ3n) is 6.66. The monoisotopic (exact) mass is 496 g/mol. The molecule has 0 radical (unpaired) electrons. The van der Waals surface area contributed by atoms with Gasteiger partial charge in [-0.25, -0.2) is 0 Å². The van der Waals surface area contributed by atoms with Crippen LogP contribution in [-0.4, -0.2) is 31.5 Å². The number of aromatic hydroxyl groups is 5. The molecule has 0 saturated carbocycles. The van der Waals surface area contributed by atoms with E-state index in [-0.39, 0.29) is 45.8 Å². The number of hydrogen-bond acceptors (Lipinski definition) is 8. The number of rotatable bonds is 3. The first-order valence-corrected chi connectivity index (χ1v) is 11.4. The van der Waals surface area contributed by atoms with E-state index >= 15 is 0 Å². The zero-order valence-electron chi connectivity index (χ0n) is 19.1. The molecule has 1 spiro atoms. The summed E-state index contributed by atoms with van der Waals surface area (Å²) in [5, 5.41) is 51.3. The molecule has 184 valence electrons. The Balaban J connectivity index is 1.64. The number of hydrogen-bond donors (Lipinski definition) is 5. The molecule has 2 atom stereocenters. The lowest BCUT2D eigenvalue weighted by atomic mass is 9.68. The highest BCUT2D eigenvalue weighted by Crippen LogP contribution is 2.63. The lowest BCUT2D eigenvalue weighted by Gasteiger charge is -2.29. The Morgan fingerprint density at radius 2 is 1.43 bits per heavy atom. The van der Waals surface area contributed by atoms with Crippen LogP contribution >= 0.6 is 0 Å². The van der Waals surface area contributed by atoms with Gasteiger partial charge in [-0.05, 0) is 47.0 Å². The number of benzene rings is 4. The summed E-state index contributed by atoms with van der Waals surface area (Å²) in [6, 6.07) is 17.9. The largest absolute Gasteiger partial charge is 0.508 e. The molecule has 2 heterocycles. The molecule has 0 aliphatic carbocycles. The molecule has 5 N–H and O–H groups in total. The lowest BCUT2D eigenvalue weighted by molar-refractivity contribution is -0.139. The molecule has 8 heteroatoms. The van der Waals surface area contributed by atoms with Crippen LogP contribution < -0.4 is 9.47 Å². The first-order chi connectivity index (χ1) is 17.8. The molecule has 0 amide bonds. The Labute approximate surface area is 210 Å². The molecule has 0 aromatic heterocycles. The maximum Gasteiger partial charge on any atom is 0.331 e. The van der Waals surface area contributed by atoms with E-state index in [1.54, 1.807) is 36.4 Å². The number of phenols is 5. The highest BCUT2D eigenvalue weighted by Gasteiger charge is 2.64. The van der Waals surface area contributed by atoms with E-state index in [4.69, 9.17) is 9.47 Å². The third kappa shape index (κ3) is 3.34. The van der Waals surface area contributed by atoms with Gasteiger partial charge >= 0.3 is 5.97 Å². The molecule has 8 nitrogen and oxygen atoms in total. The van der Waals surface area contributed by atoms with Crippen molar-refractivity contribution < 1.29 is 39.8 Å². The summed E-state index contributed by atoms with van der Waals surface area (Å²) in [7, 11) is 0. The number of phenolic OH excluding ortho intramolecular Hbond substituents is 5. The Kier molecular flexibility index (Phi) is 4.81. The van der Waals surface area contributed by atoms with Gasteiger partial charge in [-0.3, -0.25) is 4.79 Å². The zero-order chi connectivity index (χ0) is 25.9. The molecule has 0 saturated heterocycles. The van der Waals surface area contributed by atoms with E-state index in [0.717, 1.165) is 11.6 Å². The van der Waals surface area contributed by atoms with Gasteiger partial charge in [0.2, 0.25) is 0 Å². The number of esters is 1. The molecular weight excluding hydrogens is 476 g/mol. The fourth-order valence-electron chi connectivity index (χ4n) is 5.20. The minimum Gasteiger partial charge on any atom is -0.508 e. The first kappa shape index (κ1) is 22.4. The van der Waals surface area contributed by atoms with Gasteiger partial charge in [0.05, 0.1) is 5.56 Å². The SMILES string of the molecule is O=C1Oc2cc(O)cc(C=Cc3ccc(O)cc3)c2C12c1c(O)cc(O)cc1OC2c1cccc(O)c1. The van der Waals surface area contributed by atoms with Crippen molar-refractivity contribution in [3.8, 4) is 40.2 Å². The Morgan fingerprint density at radius 1 is 0.703 bits per heavy atom. The summed E-state index contributed by atoms with van der Waals surface area (Å²) in [5.74, 6) is -1.29. The van der Waals surface area contributed by atoms with Crippen LogP contribution in [0, 0.1) is 0 Å². The lowest BCUT2D eigenvalue weighted by Crippen LogP contribution is -2.40. The maximum absolute atomic E-state index is 13.8. The smallest absolute Gasteiger partial charge is 0.331 e. The first-order valence-electron chi connectivity index (χ1n) is 11.4. The average molecular weight is 496 g/mol. The number of ether oxygens (including phenoxy) is 2. The topological polar surface area (TPSA) is 137 Å². The minimum absolute atomic E-state index is 0.0518. The van der Waals surface area contributed by atoms with Gasteiger partial charge in [-0.2, -0.15) is 0 Å². The summed E-state index contributed by atoms with van der Waals surface area (Å²) in [6.07, 6.45) is 2.34. The highest BCUT2D eigenvalue weighted by atomic mass is 16.6. The van der Waals surface area contributed by atoms with E-state index < -0.39 is 17.5 Å². The molecule has 0 bridgehead atoms. The Morgan fingerprint density at radius 3 is 2.19 bits per heavy atom. The standard InChI is InChI=1S/C29H20O8/c30-18-8-5-15(6-9-18)4-7-16-10-20(32)13-23-25(16)29(28(35)37-23)26-22(34)12-21(33)14-24(26)36-27(29)17-2-1-3-19(31)11-17/h1-14,27,30-34H. The van der Waals surface area contributed by atoms with Crippen molar-refractivity contribution in [1.29, 1.82) is 0 Å². The zero-order valence-corrected chi connectivity index (χ0v) is 19.1. The van der Waals surface area contributed by atoms with Gasteiger partial charge in [0, 0.05) is 23.8 Å². The molecule has 2 unspecified atom stereocenters. The fraction of sp³-hybridized carbons (Fsp3) is 0.0690. The van der Waals surface area contributed by atoms with Crippen molar-refractivity contribution >= 4 is 18.1 Å². The number of carbonyl (C=O) groups is 1. The van der Waals surface area contributed by atoms with Crippen LogP contribution in [0.4, 0.5) is 0 Å². The molecule has 6 rings (SSSR count). The van der Waals surface area contributed by atoms with Gasteiger partial charge in [0.25, 0.3) is 0 Å². The number of carbonyl (C=O) groups excluding carboxylic acids is 1. The van der Waals surface area contributed by atoms with E-state index in [1.165, 1.54) is 42.5 Å². The quantitative estimate of drug-likeness (QED) is 0.156. The second-order valence-electron chi connectivity index (χ2n) is 8.96. The summed E-state index contributed by atoms with van der Waals surface area (Å²) < 4.78 is 11.9. The second kappa shape index (κ2) is 7.96. The van der Waals surface area contributed by atoms with Crippen molar-refractivity contribution in [3.05, 3.63) is 101 Å². The number of fused-ring (bicyclic) bond motifs is 4. The third-order valence-corrected chi connectivity index (χ3v) is 6.66. The van der Waals surface area contributed by atoms with E-state index in [2.05, 4.69) is 0 Å². The van der Waals surface area contributed by atoms with E-state index in [0.29, 0.717) is 16.7 Å². The molecule has 2 aliphatic heterocycles. The molecule has 4 aromatic rings. The molecular formula is C29H20O8. The predicted molar refractivity (Wildman–Crippen MR) is 133 cm³/mol. The molecule has 2 aliphatic rings. The van der Waals surface area contributed by atoms with Crippen molar-refractivity contribution in [2.45, 2.75) is 11.5 Å². The summed E-state index contributed by atoms with van der Waals surface area (Å²) in [6.45, 7) is 0. The Bertz CT molecular complexity index is 1610. The maximum atomic E-state index is 13.8. The summed E-state index contributed by atoms with van der Waals surface area (Å²) >= 11 is 0. The van der Waals surface area contributed by atoms with Crippen LogP contribution in [0.1, 0.15) is 33.9 Å². The predicted octanol–water partition coefficient (Wildman–Crippen LogP) is 4.72. The molecule has 37 heavy (non-hydrogen) atoms. The average Bonchev–Trinajstić information content (AvgIpc) is 3.33. The van der Waals surface area contributed by atoms with Crippen molar-refractivity contribution in [2.24, 2.45) is 0 Å². The summed E-state index contributed by atoms with van der Waals surface area (Å²) in [4.78, 5) is 13.8. The van der Waals surface area contributed by atoms with Crippen LogP contribution in [0.25, 0.3) is 12.2 Å². The van der Waals surface area contributed by atoms with Gasteiger partial charge < -0.3 is 35.0 Å². The fourth-order valence-corrected chi connectivity index (χ4v) is 5.20. The van der Waals surface area contributed by atoms with Gasteiger partial charge in [0.15, 0.2) is 5.41 Å². The van der Waals surface area contributed by atoms with Crippen LogP contribution in [0.3, 0.4) is 0 Å². The van der Waals surface area contributed by atoms with Crippen LogP contribution in [0.15, 0.2) is 72.8 Å². The van der Waals surface area contributed by atoms with Crippen LogP contribution in [-0.2, 0) is 10.2 Å². The minimum atomic E-state index is -1.72. The van der Waals surface area contributed by atoms with Gasteiger partial charge in [0.1, 0.15) is 46.4 Å². The van der Waals surface area contributed by atoms with Crippen molar-refractivity contribution in [2.75, 3.05) is 0 Å². The highest BCUT2D eigenvalue weighted by molar-refractivity contribution is 6.00. The Hall–Kier alpha value is -5.11.